The number of nitrogens with zero attached hydrogens (tertiary/aromatic N) is 5. The summed E-state index contributed by atoms with van der Waals surface area (Å²) in [5.41, 5.74) is 1.81. The van der Waals surface area contributed by atoms with Crippen LogP contribution in [0, 0.1) is 0 Å². The number of aromatic nitrogens is 5. The standard InChI is InChI=1S/C18H15N5O2S/c1-24-15-9-5-6-13(10-15)17-20-16(25-22-17)11-26-18-19-12-23(21-18)14-7-3-2-4-8-14/h2-10,12H,11H2,1H3. The van der Waals surface area contributed by atoms with Crippen molar-refractivity contribution < 1.29 is 9.26 Å². The quantitative estimate of drug-likeness (QED) is 0.483. The van der Waals surface area contributed by atoms with Gasteiger partial charge < -0.3 is 9.26 Å². The molecular formula is C18H15N5O2S. The fourth-order valence-electron chi connectivity index (χ4n) is 2.34. The van der Waals surface area contributed by atoms with Crippen LogP contribution in [0.5, 0.6) is 5.75 Å². The monoisotopic (exact) mass is 365 g/mol. The van der Waals surface area contributed by atoms with E-state index in [0.717, 1.165) is 17.0 Å². The summed E-state index contributed by atoms with van der Waals surface area (Å²) in [6.45, 7) is 0. The van der Waals surface area contributed by atoms with E-state index in [9.17, 15) is 0 Å². The second kappa shape index (κ2) is 7.40. The SMILES string of the molecule is COc1cccc(-c2noc(CSc3ncn(-c4ccccc4)n3)n2)c1. The average Bonchev–Trinajstić information content (AvgIpc) is 3.37. The first-order valence-corrected chi connectivity index (χ1v) is 8.87. The van der Waals surface area contributed by atoms with Gasteiger partial charge in [0.05, 0.1) is 18.6 Å². The van der Waals surface area contributed by atoms with Gasteiger partial charge in [0.1, 0.15) is 12.1 Å². The lowest BCUT2D eigenvalue weighted by atomic mass is 10.2. The highest BCUT2D eigenvalue weighted by atomic mass is 32.2. The zero-order valence-corrected chi connectivity index (χ0v) is 14.8. The van der Waals surface area contributed by atoms with Crippen molar-refractivity contribution in [2.24, 2.45) is 0 Å². The molecule has 0 amide bonds. The van der Waals surface area contributed by atoms with Crippen molar-refractivity contribution in [3.05, 3.63) is 66.8 Å². The molecule has 4 rings (SSSR count). The molecule has 0 aliphatic carbocycles. The largest absolute Gasteiger partial charge is 0.497 e. The molecule has 0 bridgehead atoms. The highest BCUT2D eigenvalue weighted by molar-refractivity contribution is 7.98. The smallest absolute Gasteiger partial charge is 0.237 e. The summed E-state index contributed by atoms with van der Waals surface area (Å²) in [7, 11) is 1.62. The maximum Gasteiger partial charge on any atom is 0.237 e. The van der Waals surface area contributed by atoms with Crippen molar-refractivity contribution in [2.45, 2.75) is 10.9 Å². The molecule has 0 spiro atoms. The third kappa shape index (κ3) is 3.60. The lowest BCUT2D eigenvalue weighted by molar-refractivity contribution is 0.391. The van der Waals surface area contributed by atoms with E-state index in [-0.39, 0.29) is 0 Å². The van der Waals surface area contributed by atoms with Gasteiger partial charge in [0.2, 0.25) is 16.9 Å². The van der Waals surface area contributed by atoms with Crippen LogP contribution in [0.25, 0.3) is 17.1 Å². The molecule has 7 nitrogen and oxygen atoms in total. The van der Waals surface area contributed by atoms with Crippen LogP contribution in [0.2, 0.25) is 0 Å². The van der Waals surface area contributed by atoms with Gasteiger partial charge in [0.25, 0.3) is 0 Å². The van der Waals surface area contributed by atoms with Gasteiger partial charge in [-0.05, 0) is 24.3 Å². The Labute approximate surface area is 154 Å². The van der Waals surface area contributed by atoms with E-state index in [0.29, 0.717) is 22.6 Å². The maximum absolute atomic E-state index is 5.32. The number of ether oxygens (including phenoxy) is 1. The summed E-state index contributed by atoms with van der Waals surface area (Å²) in [4.78, 5) is 8.72. The van der Waals surface area contributed by atoms with Crippen LogP contribution >= 0.6 is 11.8 Å². The van der Waals surface area contributed by atoms with Crippen molar-refractivity contribution in [2.75, 3.05) is 7.11 Å². The summed E-state index contributed by atoms with van der Waals surface area (Å²) in [5.74, 6) is 2.29. The van der Waals surface area contributed by atoms with E-state index in [2.05, 4.69) is 20.2 Å². The van der Waals surface area contributed by atoms with Crippen LogP contribution in [-0.4, -0.2) is 32.0 Å². The number of rotatable bonds is 6. The van der Waals surface area contributed by atoms with Gasteiger partial charge in [-0.25, -0.2) is 9.67 Å². The fourth-order valence-corrected chi connectivity index (χ4v) is 2.98. The Hall–Kier alpha value is -3.13. The highest BCUT2D eigenvalue weighted by Gasteiger charge is 2.11. The molecule has 0 aliphatic heterocycles. The molecule has 0 radical (unpaired) electrons. The molecule has 0 fully saturated rings. The van der Waals surface area contributed by atoms with Gasteiger partial charge >= 0.3 is 0 Å². The molecule has 0 N–H and O–H groups in total. The fraction of sp³-hybridized carbons (Fsp3) is 0.111. The molecule has 8 heteroatoms. The summed E-state index contributed by atoms with van der Waals surface area (Å²) in [6.07, 6.45) is 1.69. The molecule has 26 heavy (non-hydrogen) atoms. The van der Waals surface area contributed by atoms with Gasteiger partial charge in [-0.2, -0.15) is 4.98 Å². The molecule has 0 atom stereocenters. The highest BCUT2D eigenvalue weighted by Crippen LogP contribution is 2.23. The van der Waals surface area contributed by atoms with Crippen LogP contribution in [0.4, 0.5) is 0 Å². The number of para-hydroxylation sites is 1. The first kappa shape index (κ1) is 16.3. The van der Waals surface area contributed by atoms with Crippen molar-refractivity contribution in [3.8, 4) is 22.8 Å². The zero-order chi connectivity index (χ0) is 17.8. The predicted octanol–water partition coefficient (Wildman–Crippen LogP) is 3.62. The Morgan fingerprint density at radius 1 is 1.12 bits per heavy atom. The lowest BCUT2D eigenvalue weighted by Crippen LogP contribution is -1.93. The van der Waals surface area contributed by atoms with E-state index in [1.54, 1.807) is 18.1 Å². The second-order valence-electron chi connectivity index (χ2n) is 5.34. The van der Waals surface area contributed by atoms with E-state index in [4.69, 9.17) is 9.26 Å². The zero-order valence-electron chi connectivity index (χ0n) is 13.9. The van der Waals surface area contributed by atoms with E-state index in [1.807, 2.05) is 54.6 Å². The number of hydrogen-bond donors (Lipinski definition) is 0. The molecular weight excluding hydrogens is 350 g/mol. The van der Waals surface area contributed by atoms with Crippen LogP contribution in [0.3, 0.4) is 0 Å². The van der Waals surface area contributed by atoms with Crippen LogP contribution in [0.15, 0.2) is 70.6 Å². The minimum atomic E-state index is 0.496. The van der Waals surface area contributed by atoms with Gasteiger partial charge in [0.15, 0.2) is 0 Å². The number of methoxy groups -OCH3 is 1. The molecule has 2 aromatic carbocycles. The predicted molar refractivity (Wildman–Crippen MR) is 97.2 cm³/mol. The van der Waals surface area contributed by atoms with Gasteiger partial charge in [-0.15, -0.1) is 5.10 Å². The Balaban J connectivity index is 1.43. The van der Waals surface area contributed by atoms with E-state index in [1.165, 1.54) is 11.8 Å². The summed E-state index contributed by atoms with van der Waals surface area (Å²) < 4.78 is 12.3. The third-order valence-corrected chi connectivity index (χ3v) is 4.45. The lowest BCUT2D eigenvalue weighted by Gasteiger charge is -1.99. The molecule has 0 saturated heterocycles. The van der Waals surface area contributed by atoms with Crippen molar-refractivity contribution in [1.82, 2.24) is 24.9 Å². The minimum Gasteiger partial charge on any atom is -0.497 e. The van der Waals surface area contributed by atoms with Crippen LogP contribution < -0.4 is 4.74 Å². The normalized spacial score (nSPS) is 10.8. The van der Waals surface area contributed by atoms with Gasteiger partial charge in [-0.1, -0.05) is 47.3 Å². The van der Waals surface area contributed by atoms with Crippen LogP contribution in [0.1, 0.15) is 5.89 Å². The van der Waals surface area contributed by atoms with E-state index >= 15 is 0 Å². The molecule has 0 unspecified atom stereocenters. The van der Waals surface area contributed by atoms with Crippen molar-refractivity contribution >= 4 is 11.8 Å². The van der Waals surface area contributed by atoms with E-state index < -0.39 is 0 Å². The summed E-state index contributed by atoms with van der Waals surface area (Å²) in [6, 6.07) is 17.4. The molecule has 2 aromatic heterocycles. The number of hydrogen-bond acceptors (Lipinski definition) is 7. The van der Waals surface area contributed by atoms with Gasteiger partial charge in [0, 0.05) is 5.56 Å². The average molecular weight is 365 g/mol. The number of thioether (sulfide) groups is 1. The maximum atomic E-state index is 5.32. The third-order valence-electron chi connectivity index (χ3n) is 3.61. The first-order valence-electron chi connectivity index (χ1n) is 7.89. The van der Waals surface area contributed by atoms with Crippen molar-refractivity contribution in [3.63, 3.8) is 0 Å². The van der Waals surface area contributed by atoms with Crippen LogP contribution in [-0.2, 0) is 5.75 Å². The molecule has 130 valence electrons. The summed E-state index contributed by atoms with van der Waals surface area (Å²) in [5, 5.41) is 9.12. The Morgan fingerprint density at radius 3 is 2.85 bits per heavy atom. The Kier molecular flexibility index (Phi) is 4.65. The molecule has 4 aromatic rings. The summed E-state index contributed by atoms with van der Waals surface area (Å²) >= 11 is 1.44. The molecule has 2 heterocycles. The number of benzene rings is 2. The second-order valence-corrected chi connectivity index (χ2v) is 6.28. The molecule has 0 aliphatic rings. The topological polar surface area (TPSA) is 78.9 Å². The minimum absolute atomic E-state index is 0.496. The van der Waals surface area contributed by atoms with Crippen molar-refractivity contribution in [1.29, 1.82) is 0 Å². The Morgan fingerprint density at radius 2 is 2.00 bits per heavy atom. The first-order chi connectivity index (χ1) is 12.8. The Bertz CT molecular complexity index is 1000. The van der Waals surface area contributed by atoms with Gasteiger partial charge in [-0.3, -0.25) is 0 Å². The molecule has 0 saturated carbocycles.